The van der Waals surface area contributed by atoms with Crippen molar-refractivity contribution in [3.05, 3.63) is 65.7 Å². The molecule has 4 atom stereocenters. The van der Waals surface area contributed by atoms with E-state index in [1.807, 2.05) is 92.6 Å². The normalized spacial score (nSPS) is 15.1. The van der Waals surface area contributed by atoms with Crippen molar-refractivity contribution in [2.24, 2.45) is 33.8 Å². The van der Waals surface area contributed by atoms with Crippen LogP contribution in [0.1, 0.15) is 118 Å². The van der Waals surface area contributed by atoms with Gasteiger partial charge in [0.05, 0.1) is 43.1 Å². The van der Waals surface area contributed by atoms with Crippen LogP contribution in [0.4, 0.5) is 5.69 Å². The number of nitrogens with one attached hydrogen (secondary N) is 5. The maximum atomic E-state index is 10.0. The van der Waals surface area contributed by atoms with Crippen LogP contribution in [0.3, 0.4) is 0 Å². The number of anilines is 1. The van der Waals surface area contributed by atoms with E-state index in [4.69, 9.17) is 170 Å². The summed E-state index contributed by atoms with van der Waals surface area (Å²) in [7, 11) is 9.51. The van der Waals surface area contributed by atoms with Crippen LogP contribution in [-0.4, -0.2) is 436 Å². The van der Waals surface area contributed by atoms with Crippen LogP contribution in [0.5, 0.6) is 0 Å². The Morgan fingerprint density at radius 2 is 0.750 bits per heavy atom. The van der Waals surface area contributed by atoms with Gasteiger partial charge in [0.1, 0.15) is 18.5 Å². The molecule has 3 fully saturated rings. The van der Waals surface area contributed by atoms with Crippen LogP contribution < -0.4 is 49.5 Å². The first-order valence-electron chi connectivity index (χ1n) is 49.3. The highest BCUT2D eigenvalue weighted by atomic mass is 32.1. The van der Waals surface area contributed by atoms with Crippen LogP contribution >= 0.6 is 25.3 Å². The molecule has 858 valence electrons. The lowest BCUT2D eigenvalue weighted by atomic mass is 9.88. The highest BCUT2D eigenvalue weighted by Crippen LogP contribution is 2.42. The van der Waals surface area contributed by atoms with Crippen molar-refractivity contribution in [3.63, 3.8) is 0 Å². The number of benzene rings is 2. The number of hydrogen-bond acceptors (Lipinski definition) is 46. The molecule has 2 heterocycles. The zero-order valence-corrected chi connectivity index (χ0v) is 105. The summed E-state index contributed by atoms with van der Waals surface area (Å²) in [5.41, 5.74) is 25.3. The van der Waals surface area contributed by atoms with Gasteiger partial charge in [0.15, 0.2) is 0 Å². The fourth-order valence-electron chi connectivity index (χ4n) is 13.3. The number of aliphatic imine (C=N–C) groups is 1. The van der Waals surface area contributed by atoms with Crippen molar-refractivity contribution in [2.45, 2.75) is 169 Å². The van der Waals surface area contributed by atoms with E-state index in [1.54, 1.807) is 149 Å². The van der Waals surface area contributed by atoms with Crippen molar-refractivity contribution in [1.29, 1.82) is 0 Å². The third-order valence-electron chi connectivity index (χ3n) is 21.6. The molecule has 1 aliphatic carbocycles. The van der Waals surface area contributed by atoms with Gasteiger partial charge in [0, 0.05) is 310 Å². The molecule has 0 spiro atoms. The first-order valence-corrected chi connectivity index (χ1v) is 69.9. The van der Waals surface area contributed by atoms with Gasteiger partial charge in [-0.05, 0) is 155 Å². The lowest BCUT2D eigenvalue weighted by molar-refractivity contribution is 0.0583. The maximum Gasteiger partial charge on any atom is 0.527 e. The van der Waals surface area contributed by atoms with Gasteiger partial charge in [0.25, 0.3) is 0 Å². The summed E-state index contributed by atoms with van der Waals surface area (Å²) in [6.07, 6.45) is 13.0. The predicted molar refractivity (Wildman–Crippen MR) is 591 cm³/mol. The van der Waals surface area contributed by atoms with Gasteiger partial charge < -0.3 is 197 Å². The number of isocyanates is 1. The standard InChI is InChI=1S/C14H26N2O3Si.C12H21NO3Si.C11H22O4Si.C10H27N3O3Si.C9H22O3SSi.C8H17NO4Si.C7H19NO3Si.C7H16O5Si.C6H18N2O3Si.C4H12O3SSi/c1-17-20(18-2,19-3)11-8-13-4-6-14(7-5-13)12-16-10-9-15;1-14-17(15-2,16-3)11-7-10-13-12-8-5-4-6-9-12;1-12-16(13-2,14-3)7-6-9-4-5-10-11(8-9)15-10;1-14-17(15-2,16-3)10-4-6-12-8-9-13-7-5-11;1-4-10-14(11-5-2,12-6-3)9-7-8-13;1-4-11-14(12-5-2,13-6-3)8-9-7-10;1-4-9-12(7-8,10-5-2)11-6-3;1-8-13(9-2,10-3)6-11-4-7-5-12-7;1-9-12(10-2,11-3)6-8-5-4-7;1-5-9(4-8,6-2)7-3/h4-7,16H,8-12,15H2,1-3H3;4-6,8-9,13H,7,10-11H2,1-3H3;9-11H,4-8H2,1-3H3;12-13H,4-11H2,1-3H3;13H,4-9H2,1-3H3;4-6,8H2,1-3H3;4-8H2,1-3H3;7H,4-6H2,1-3H3;8H,4-7H2,1-3H3;8H,4H2,1-3H3. The van der Waals surface area contributed by atoms with E-state index in [1.165, 1.54) is 36.5 Å². The first kappa shape index (κ1) is 151. The van der Waals surface area contributed by atoms with E-state index in [0.29, 0.717) is 122 Å². The van der Waals surface area contributed by atoms with E-state index in [0.717, 1.165) is 139 Å². The Hall–Kier alpha value is -1.15. The smallest absolute Gasteiger partial charge is 0.385 e. The molecule has 44 nitrogen and oxygen atoms in total. The van der Waals surface area contributed by atoms with Crippen molar-refractivity contribution in [1.82, 2.24) is 21.3 Å². The molecule has 144 heavy (non-hydrogen) atoms. The summed E-state index contributed by atoms with van der Waals surface area (Å²) in [6.45, 7) is 32.7. The second kappa shape index (κ2) is 97.5. The molecule has 3 aliphatic rings. The van der Waals surface area contributed by atoms with Gasteiger partial charge in [-0.25, -0.2) is 9.79 Å². The second-order valence-electron chi connectivity index (χ2n) is 30.5. The minimum atomic E-state index is -2.75. The Bertz CT molecular complexity index is 3030. The zero-order valence-electron chi connectivity index (χ0n) is 93.5. The number of fused-ring (bicyclic) bond motifs is 1. The number of nitrogens with zero attached hydrogens (tertiary/aromatic N) is 1. The molecule has 4 unspecified atom stereocenters. The molecular weight excluding hydrogens is 2090 g/mol. The lowest BCUT2D eigenvalue weighted by Gasteiger charge is -2.28. The molecule has 2 saturated heterocycles. The first-order chi connectivity index (χ1) is 69.4. The topological polar surface area (TPSA) is 505 Å². The molecule has 2 aromatic carbocycles. The van der Waals surface area contributed by atoms with E-state index < -0.39 is 88.0 Å². The molecular formula is C88H200N10O34S2Si10. The highest BCUT2D eigenvalue weighted by molar-refractivity contribution is 7.82. The summed E-state index contributed by atoms with van der Waals surface area (Å²) < 4.78 is 176. The van der Waals surface area contributed by atoms with Crippen molar-refractivity contribution in [3.8, 4) is 0 Å². The summed E-state index contributed by atoms with van der Waals surface area (Å²) in [4.78, 5) is 13.5. The largest absolute Gasteiger partial charge is 0.527 e. The Kier molecular flexibility index (Phi) is 102. The molecule has 13 N–H and O–H groups in total. The molecule has 0 bridgehead atoms. The minimum absolute atomic E-state index is 0.145. The van der Waals surface area contributed by atoms with Crippen LogP contribution in [-0.2, 0) is 165 Å². The van der Waals surface area contributed by atoms with Crippen molar-refractivity contribution < 1.29 is 152 Å². The summed E-state index contributed by atoms with van der Waals surface area (Å²) in [5, 5.41) is 16.8. The zero-order chi connectivity index (χ0) is 110. The Morgan fingerprint density at radius 3 is 1.12 bits per heavy atom. The second-order valence-corrected chi connectivity index (χ2v) is 61.0. The van der Waals surface area contributed by atoms with Gasteiger partial charge >= 0.3 is 88.0 Å². The fraction of sp³-hybridized carbons (Fsp3) is 0.852. The summed E-state index contributed by atoms with van der Waals surface area (Å²) in [5.74, 6) is 1.61. The third kappa shape index (κ3) is 69.7. The molecule has 2 aliphatic heterocycles. The van der Waals surface area contributed by atoms with E-state index >= 15 is 0 Å². The number of thiol groups is 2. The Labute approximate surface area is 889 Å². The average molecular weight is 2290 g/mol. The SMILES string of the molecule is CCO[Si](CCCS)(OCC)OCC.CCO[Si](CN)(OCC)OCC.CCO[Si](CN=C=O)(OCC)OCC.CO[Si](CCC1CCC2OC2C1)(OC)OC.CO[Si](CCCNCCNCCN)(OC)OC.CO[Si](CCCNc1ccccc1)(OC)OC.CO[Si](CCc1ccc(CNCCN)cc1)(OC)OC.CO[Si](CNCCN)(OC)OC.CO[Si](COCC1CO1)(OC)OC.CO[Si](CS)(OC)OC. The van der Waals surface area contributed by atoms with Gasteiger partial charge in [0.2, 0.25) is 6.08 Å². The third-order valence-corrected chi connectivity index (χ3v) is 50.1. The summed E-state index contributed by atoms with van der Waals surface area (Å²) in [6, 6.07) is 22.9. The van der Waals surface area contributed by atoms with E-state index in [-0.39, 0.29) is 12.3 Å². The fourth-order valence-corrected chi connectivity index (χ4v) is 32.1. The van der Waals surface area contributed by atoms with E-state index in [9.17, 15) is 4.79 Å². The van der Waals surface area contributed by atoms with Gasteiger partial charge in [-0.15, -0.1) is 0 Å². The van der Waals surface area contributed by atoms with Crippen molar-refractivity contribution in [2.75, 3.05) is 329 Å². The molecule has 0 aromatic heterocycles. The molecule has 0 amide bonds. The maximum absolute atomic E-state index is 10.0. The van der Waals surface area contributed by atoms with Gasteiger partial charge in [-0.2, -0.15) is 25.3 Å². The van der Waals surface area contributed by atoms with Gasteiger partial charge in [-0.1, -0.05) is 42.5 Å². The quantitative estimate of drug-likeness (QED) is 0.00756. The van der Waals surface area contributed by atoms with Crippen LogP contribution in [0.2, 0.25) is 30.2 Å². The number of para-hydroxylation sites is 1. The number of carbonyl (C=O) groups excluding carboxylic acids is 1. The van der Waals surface area contributed by atoms with Crippen molar-refractivity contribution >= 4 is 125 Å². The van der Waals surface area contributed by atoms with Crippen LogP contribution in [0, 0.1) is 5.92 Å². The number of nitrogens with two attached hydrogens (primary N) is 4. The minimum Gasteiger partial charge on any atom is -0.385 e. The van der Waals surface area contributed by atoms with Gasteiger partial charge in [-0.3, -0.25) is 0 Å². The Balaban J connectivity index is -0.000000500. The predicted octanol–water partition coefficient (Wildman–Crippen LogP) is 7.64. The molecule has 5 rings (SSSR count). The molecule has 2 aromatic rings. The monoisotopic (exact) mass is 2290 g/mol. The number of hydrogen-bond donors (Lipinski definition) is 11. The number of epoxide rings is 2. The van der Waals surface area contributed by atoms with Crippen LogP contribution in [0.25, 0.3) is 0 Å². The molecule has 0 radical (unpaired) electrons. The lowest BCUT2D eigenvalue weighted by Crippen LogP contribution is -2.52. The number of ether oxygens (including phenoxy) is 3. The Morgan fingerprint density at radius 1 is 0.382 bits per heavy atom. The average Bonchev–Trinajstić information content (AvgIpc) is 1.65. The molecule has 1 saturated carbocycles. The highest BCUT2D eigenvalue weighted by Gasteiger charge is 2.48. The number of rotatable bonds is 78. The number of aryl methyl sites for hydroxylation is 1. The molecule has 56 heteroatoms. The van der Waals surface area contributed by atoms with Crippen LogP contribution in [0.15, 0.2) is 59.6 Å². The summed E-state index contributed by atoms with van der Waals surface area (Å²) >= 11 is 8.22. The van der Waals surface area contributed by atoms with E-state index in [2.05, 4.69) is 81.1 Å².